The highest BCUT2D eigenvalue weighted by Gasteiger charge is 2.19. The van der Waals surface area contributed by atoms with E-state index in [0.717, 1.165) is 0 Å². The van der Waals surface area contributed by atoms with E-state index < -0.39 is 10.0 Å². The average molecular weight is 341 g/mol. The third kappa shape index (κ3) is 4.14. The van der Waals surface area contributed by atoms with Crippen LogP contribution >= 0.6 is 11.8 Å². The van der Waals surface area contributed by atoms with Crippen LogP contribution in [0.4, 0.5) is 5.69 Å². The van der Waals surface area contributed by atoms with Crippen molar-refractivity contribution in [2.24, 2.45) is 9.51 Å². The van der Waals surface area contributed by atoms with E-state index >= 15 is 0 Å². The van der Waals surface area contributed by atoms with Crippen molar-refractivity contribution in [3.05, 3.63) is 34.7 Å². The lowest BCUT2D eigenvalue weighted by Crippen LogP contribution is -2.39. The molecule has 1 heterocycles. The van der Waals surface area contributed by atoms with Gasteiger partial charge in [0.05, 0.1) is 18.1 Å². The molecule has 0 bridgehead atoms. The predicted octanol–water partition coefficient (Wildman–Crippen LogP) is 2.37. The molecule has 1 saturated heterocycles. The molecule has 0 aliphatic carbocycles. The van der Waals surface area contributed by atoms with Crippen molar-refractivity contribution in [3.8, 4) is 0 Å². The van der Waals surface area contributed by atoms with Gasteiger partial charge in [0.25, 0.3) is 10.0 Å². The number of morpholine rings is 1. The fraction of sp³-hybridized carbons (Fsp3) is 0.417. The first-order chi connectivity index (χ1) is 10.6. The Hall–Kier alpha value is -1.74. The van der Waals surface area contributed by atoms with Gasteiger partial charge in [0, 0.05) is 23.7 Å². The number of thioether (sulfide) groups is 1. The van der Waals surface area contributed by atoms with Crippen LogP contribution in [0.1, 0.15) is 0 Å². The Labute approximate surface area is 132 Å². The second-order valence-electron chi connectivity index (χ2n) is 4.34. The van der Waals surface area contributed by atoms with Crippen molar-refractivity contribution in [1.82, 2.24) is 4.90 Å². The molecule has 118 valence electrons. The van der Waals surface area contributed by atoms with Crippen LogP contribution in [0.25, 0.3) is 10.4 Å². The molecule has 8 nitrogen and oxygen atoms in total. The smallest absolute Gasteiger partial charge is 0.284 e. The predicted molar refractivity (Wildman–Crippen MR) is 85.8 cm³/mol. The first kappa shape index (κ1) is 16.6. The highest BCUT2D eigenvalue weighted by atomic mass is 32.2. The lowest BCUT2D eigenvalue weighted by Gasteiger charge is -2.28. The molecular weight excluding hydrogens is 326 g/mol. The largest absolute Gasteiger partial charge is 0.378 e. The van der Waals surface area contributed by atoms with Gasteiger partial charge in [-0.1, -0.05) is 29.0 Å². The summed E-state index contributed by atoms with van der Waals surface area (Å²) in [7, 11) is -3.80. The third-order valence-corrected chi connectivity index (χ3v) is 5.07. The van der Waals surface area contributed by atoms with E-state index in [9.17, 15) is 8.42 Å². The molecule has 2 rings (SSSR count). The lowest BCUT2D eigenvalue weighted by atomic mass is 10.3. The molecule has 1 aromatic carbocycles. The number of amidine groups is 1. The van der Waals surface area contributed by atoms with Gasteiger partial charge in [0.2, 0.25) is 0 Å². The van der Waals surface area contributed by atoms with E-state index in [1.165, 1.54) is 36.0 Å². The fourth-order valence-corrected chi connectivity index (χ4v) is 3.81. The summed E-state index contributed by atoms with van der Waals surface area (Å²) in [6, 6.07) is 5.63. The number of hydrogen-bond acceptors (Lipinski definition) is 5. The molecule has 10 heteroatoms. The van der Waals surface area contributed by atoms with Gasteiger partial charge in [-0.3, -0.25) is 0 Å². The Bertz CT molecular complexity index is 690. The van der Waals surface area contributed by atoms with Crippen LogP contribution in [-0.2, 0) is 14.8 Å². The van der Waals surface area contributed by atoms with Crippen molar-refractivity contribution in [1.29, 1.82) is 0 Å². The van der Waals surface area contributed by atoms with Gasteiger partial charge < -0.3 is 9.64 Å². The highest BCUT2D eigenvalue weighted by molar-refractivity contribution is 8.13. The normalized spacial score (nSPS) is 16.2. The molecule has 0 unspecified atom stereocenters. The topological polar surface area (TPSA) is 108 Å². The SMILES string of the molecule is CS/C(=N\S(=O)(=O)c1ccc(N=[N+]=[N-])cc1)N1CCOCC1. The van der Waals surface area contributed by atoms with Gasteiger partial charge in [-0.05, 0) is 23.9 Å². The number of nitrogens with zero attached hydrogens (tertiary/aromatic N) is 5. The quantitative estimate of drug-likeness (QED) is 0.276. The summed E-state index contributed by atoms with van der Waals surface area (Å²) in [4.78, 5) is 4.60. The molecule has 0 saturated carbocycles. The Balaban J connectivity index is 2.27. The first-order valence-corrected chi connectivity index (χ1v) is 9.10. The minimum atomic E-state index is -3.80. The molecule has 1 fully saturated rings. The maximum Gasteiger partial charge on any atom is 0.284 e. The zero-order chi connectivity index (χ0) is 16.0. The number of sulfonamides is 1. The Morgan fingerprint density at radius 1 is 1.32 bits per heavy atom. The molecule has 0 spiro atoms. The number of rotatable bonds is 3. The van der Waals surface area contributed by atoms with E-state index in [1.807, 2.05) is 4.90 Å². The second kappa shape index (κ2) is 7.50. The van der Waals surface area contributed by atoms with Crippen molar-refractivity contribution in [2.45, 2.75) is 4.90 Å². The number of benzene rings is 1. The Kier molecular flexibility index (Phi) is 5.67. The van der Waals surface area contributed by atoms with Crippen molar-refractivity contribution < 1.29 is 13.2 Å². The minimum absolute atomic E-state index is 0.0594. The minimum Gasteiger partial charge on any atom is -0.378 e. The van der Waals surface area contributed by atoms with Gasteiger partial charge in [0.1, 0.15) is 0 Å². The summed E-state index contributed by atoms with van der Waals surface area (Å²) < 4.78 is 33.9. The Morgan fingerprint density at radius 2 is 1.95 bits per heavy atom. The monoisotopic (exact) mass is 341 g/mol. The van der Waals surface area contributed by atoms with Crippen LogP contribution in [0.3, 0.4) is 0 Å². The van der Waals surface area contributed by atoms with Gasteiger partial charge in [-0.15, -0.1) is 4.40 Å². The number of ether oxygens (including phenoxy) is 1. The van der Waals surface area contributed by atoms with E-state index in [2.05, 4.69) is 14.4 Å². The summed E-state index contributed by atoms with van der Waals surface area (Å²) in [6.07, 6.45) is 1.79. The van der Waals surface area contributed by atoms with Gasteiger partial charge in [-0.25, -0.2) is 0 Å². The van der Waals surface area contributed by atoms with Crippen LogP contribution in [-0.4, -0.2) is 51.0 Å². The van der Waals surface area contributed by atoms with Crippen LogP contribution < -0.4 is 0 Å². The van der Waals surface area contributed by atoms with Crippen molar-refractivity contribution in [2.75, 3.05) is 32.6 Å². The second-order valence-corrected chi connectivity index (χ2v) is 6.71. The standard InChI is InChI=1S/C12H15N5O3S2/c1-21-12(17-6-8-20-9-7-17)15-22(18,19)11-4-2-10(3-5-11)14-16-13/h2-5H,6-9H2,1H3/b15-12-. The lowest BCUT2D eigenvalue weighted by molar-refractivity contribution is 0.0694. The molecule has 1 aliphatic heterocycles. The zero-order valence-electron chi connectivity index (χ0n) is 11.9. The number of azide groups is 1. The van der Waals surface area contributed by atoms with E-state index in [1.54, 1.807) is 6.26 Å². The third-order valence-electron chi connectivity index (χ3n) is 2.96. The maximum absolute atomic E-state index is 12.4. The summed E-state index contributed by atoms with van der Waals surface area (Å²) in [5.74, 6) is 0. The summed E-state index contributed by atoms with van der Waals surface area (Å²) in [6.45, 7) is 2.34. The molecule has 0 amide bonds. The van der Waals surface area contributed by atoms with E-state index in [-0.39, 0.29) is 4.90 Å². The van der Waals surface area contributed by atoms with Crippen LogP contribution in [0.2, 0.25) is 0 Å². The Morgan fingerprint density at radius 3 is 2.50 bits per heavy atom. The summed E-state index contributed by atoms with van der Waals surface area (Å²) >= 11 is 1.28. The van der Waals surface area contributed by atoms with Crippen LogP contribution in [0.15, 0.2) is 38.7 Å². The maximum atomic E-state index is 12.4. The molecule has 22 heavy (non-hydrogen) atoms. The zero-order valence-corrected chi connectivity index (χ0v) is 13.5. The molecule has 1 aromatic rings. The van der Waals surface area contributed by atoms with Crippen molar-refractivity contribution in [3.63, 3.8) is 0 Å². The molecule has 1 aliphatic rings. The van der Waals surface area contributed by atoms with Crippen LogP contribution in [0.5, 0.6) is 0 Å². The van der Waals surface area contributed by atoms with E-state index in [0.29, 0.717) is 37.2 Å². The van der Waals surface area contributed by atoms with Gasteiger partial charge >= 0.3 is 0 Å². The molecule has 0 N–H and O–H groups in total. The summed E-state index contributed by atoms with van der Waals surface area (Å²) in [5, 5.41) is 3.85. The highest BCUT2D eigenvalue weighted by Crippen LogP contribution is 2.20. The van der Waals surface area contributed by atoms with E-state index in [4.69, 9.17) is 10.3 Å². The average Bonchev–Trinajstić information content (AvgIpc) is 2.54. The molecular formula is C12H15N5O3S2. The van der Waals surface area contributed by atoms with Crippen molar-refractivity contribution >= 4 is 32.6 Å². The molecule has 0 radical (unpaired) electrons. The molecule has 0 atom stereocenters. The van der Waals surface area contributed by atoms with Gasteiger partial charge in [-0.2, -0.15) is 8.42 Å². The van der Waals surface area contributed by atoms with Gasteiger partial charge in [0.15, 0.2) is 5.17 Å². The number of hydrogen-bond donors (Lipinski definition) is 0. The first-order valence-electron chi connectivity index (χ1n) is 6.43. The van der Waals surface area contributed by atoms with Crippen LogP contribution in [0, 0.1) is 0 Å². The fourth-order valence-electron chi connectivity index (χ4n) is 1.87. The molecule has 0 aromatic heterocycles. The summed E-state index contributed by atoms with van der Waals surface area (Å²) in [5.41, 5.74) is 8.69.